The van der Waals surface area contributed by atoms with Gasteiger partial charge in [0, 0.05) is 15.6 Å². The molecule has 6 heteroatoms. The van der Waals surface area contributed by atoms with E-state index in [4.69, 9.17) is 9.72 Å². The second kappa shape index (κ2) is 7.43. The minimum absolute atomic E-state index is 0.0730. The molecule has 5 nitrogen and oxygen atoms in total. The summed E-state index contributed by atoms with van der Waals surface area (Å²) in [4.78, 5) is 17.5. The highest BCUT2D eigenvalue weighted by atomic mass is 79.9. The zero-order valence-corrected chi connectivity index (χ0v) is 17.6. The van der Waals surface area contributed by atoms with Crippen LogP contribution in [0.25, 0.3) is 11.1 Å². The molecule has 142 valence electrons. The van der Waals surface area contributed by atoms with Gasteiger partial charge < -0.3 is 9.94 Å². The molecule has 3 rings (SSSR count). The van der Waals surface area contributed by atoms with E-state index < -0.39 is 5.97 Å². The van der Waals surface area contributed by atoms with Gasteiger partial charge in [-0.1, -0.05) is 47.1 Å². The van der Waals surface area contributed by atoms with Gasteiger partial charge in [0.1, 0.15) is 0 Å². The average molecular weight is 431 g/mol. The summed E-state index contributed by atoms with van der Waals surface area (Å²) < 4.78 is 6.25. The summed E-state index contributed by atoms with van der Waals surface area (Å²) in [5, 5.41) is 13.3. The number of nitrogens with zero attached hydrogens (tertiary/aromatic N) is 2. The van der Waals surface area contributed by atoms with E-state index in [0.717, 1.165) is 33.3 Å². The third-order valence-corrected chi connectivity index (χ3v) is 5.30. The summed E-state index contributed by atoms with van der Waals surface area (Å²) in [5.41, 5.74) is 4.72. The molecular formula is C21H23BrN2O3. The van der Waals surface area contributed by atoms with Crippen molar-refractivity contribution in [3.63, 3.8) is 0 Å². The molecule has 0 saturated heterocycles. The van der Waals surface area contributed by atoms with Gasteiger partial charge in [-0.15, -0.1) is 0 Å². The fourth-order valence-electron chi connectivity index (χ4n) is 3.70. The molecule has 1 heterocycles. The van der Waals surface area contributed by atoms with Crippen LogP contribution in [0.1, 0.15) is 54.5 Å². The number of hydrogen-bond donors (Lipinski definition) is 1. The monoisotopic (exact) mass is 430 g/mol. The summed E-state index contributed by atoms with van der Waals surface area (Å²) >= 11 is 3.45. The van der Waals surface area contributed by atoms with Crippen LogP contribution in [0.5, 0.6) is 0 Å². The Hall–Kier alpha value is -2.21. The van der Waals surface area contributed by atoms with Crippen molar-refractivity contribution in [2.45, 2.75) is 40.5 Å². The zero-order valence-electron chi connectivity index (χ0n) is 16.0. The molecule has 2 aromatic rings. The van der Waals surface area contributed by atoms with Crippen LogP contribution in [-0.2, 0) is 11.2 Å². The normalized spacial score (nSPS) is 16.9. The largest absolute Gasteiger partial charge is 0.462 e. The Morgan fingerprint density at radius 1 is 1.26 bits per heavy atom. The summed E-state index contributed by atoms with van der Waals surface area (Å²) in [7, 11) is 0. The standard InChI is InChI=1S/C21H23BrN2O3/c1-5-27-20(25)17-12(2)23-15-10-21(3,4)11-16(24-26)19(15)18(17)13-6-8-14(22)9-7-13/h6-9,26H,5,10-11H2,1-4H3/b24-16-. The second-order valence-electron chi connectivity index (χ2n) is 7.56. The third kappa shape index (κ3) is 3.76. The molecule has 0 aliphatic heterocycles. The Morgan fingerprint density at radius 3 is 2.52 bits per heavy atom. The van der Waals surface area contributed by atoms with Crippen LogP contribution < -0.4 is 0 Å². The lowest BCUT2D eigenvalue weighted by molar-refractivity contribution is 0.0526. The molecule has 0 saturated carbocycles. The van der Waals surface area contributed by atoms with Crippen LogP contribution in [0.2, 0.25) is 0 Å². The summed E-state index contributed by atoms with van der Waals surface area (Å²) in [5.74, 6) is -0.412. The highest BCUT2D eigenvalue weighted by Gasteiger charge is 2.36. The van der Waals surface area contributed by atoms with Crippen molar-refractivity contribution in [3.8, 4) is 11.1 Å². The Bertz CT molecular complexity index is 918. The summed E-state index contributed by atoms with van der Waals surface area (Å²) in [6.45, 7) is 8.13. The molecular weight excluding hydrogens is 408 g/mol. The number of fused-ring (bicyclic) bond motifs is 1. The first kappa shape index (κ1) is 19.5. The quantitative estimate of drug-likeness (QED) is 0.415. The van der Waals surface area contributed by atoms with Gasteiger partial charge in [0.25, 0.3) is 0 Å². The molecule has 27 heavy (non-hydrogen) atoms. The molecule has 0 amide bonds. The summed E-state index contributed by atoms with van der Waals surface area (Å²) in [6, 6.07) is 7.73. The van der Waals surface area contributed by atoms with Crippen molar-refractivity contribution in [2.24, 2.45) is 10.6 Å². The molecule has 1 aromatic heterocycles. The maximum Gasteiger partial charge on any atom is 0.340 e. The van der Waals surface area contributed by atoms with E-state index >= 15 is 0 Å². The number of aromatic nitrogens is 1. The predicted octanol–water partition coefficient (Wildman–Crippen LogP) is 5.15. The van der Waals surface area contributed by atoms with Crippen molar-refractivity contribution in [1.29, 1.82) is 0 Å². The molecule has 1 N–H and O–H groups in total. The van der Waals surface area contributed by atoms with E-state index in [9.17, 15) is 10.0 Å². The number of carbonyl (C=O) groups excluding carboxylic acids is 1. The van der Waals surface area contributed by atoms with Crippen molar-refractivity contribution in [2.75, 3.05) is 6.61 Å². The number of rotatable bonds is 3. The SMILES string of the molecule is CCOC(=O)c1c(C)nc2c(c1-c1ccc(Br)cc1)/C(=N\O)CC(C)(C)C2. The molecule has 0 fully saturated rings. The number of aryl methyl sites for hydroxylation is 1. The highest BCUT2D eigenvalue weighted by Crippen LogP contribution is 2.41. The van der Waals surface area contributed by atoms with E-state index in [1.54, 1.807) is 6.92 Å². The first-order valence-corrected chi connectivity index (χ1v) is 9.74. The van der Waals surface area contributed by atoms with E-state index in [2.05, 4.69) is 34.9 Å². The molecule has 0 bridgehead atoms. The van der Waals surface area contributed by atoms with Crippen molar-refractivity contribution >= 4 is 27.6 Å². The molecule has 0 radical (unpaired) electrons. The number of halogens is 1. The minimum Gasteiger partial charge on any atom is -0.462 e. The van der Waals surface area contributed by atoms with E-state index in [0.29, 0.717) is 23.4 Å². The number of oxime groups is 1. The second-order valence-corrected chi connectivity index (χ2v) is 8.48. The van der Waals surface area contributed by atoms with Gasteiger partial charge in [-0.05, 0) is 49.8 Å². The van der Waals surface area contributed by atoms with Gasteiger partial charge in [0.15, 0.2) is 0 Å². The van der Waals surface area contributed by atoms with E-state index in [-0.39, 0.29) is 12.0 Å². The number of benzene rings is 1. The van der Waals surface area contributed by atoms with Gasteiger partial charge in [-0.25, -0.2) is 4.79 Å². The molecule has 0 unspecified atom stereocenters. The average Bonchev–Trinajstić information content (AvgIpc) is 2.59. The van der Waals surface area contributed by atoms with Crippen LogP contribution in [0.15, 0.2) is 33.9 Å². The first-order valence-electron chi connectivity index (χ1n) is 8.95. The number of carbonyl (C=O) groups is 1. The van der Waals surface area contributed by atoms with Gasteiger partial charge in [0.2, 0.25) is 0 Å². The zero-order chi connectivity index (χ0) is 19.8. The van der Waals surface area contributed by atoms with Crippen LogP contribution in [-0.4, -0.2) is 28.5 Å². The Kier molecular flexibility index (Phi) is 5.38. The fourth-order valence-corrected chi connectivity index (χ4v) is 3.97. The lowest BCUT2D eigenvalue weighted by Crippen LogP contribution is -2.30. The Labute approximate surface area is 167 Å². The predicted molar refractivity (Wildman–Crippen MR) is 108 cm³/mol. The topological polar surface area (TPSA) is 71.8 Å². The fraction of sp³-hybridized carbons (Fsp3) is 0.381. The maximum atomic E-state index is 12.8. The van der Waals surface area contributed by atoms with Crippen LogP contribution in [0.3, 0.4) is 0 Å². The highest BCUT2D eigenvalue weighted by molar-refractivity contribution is 9.10. The Morgan fingerprint density at radius 2 is 1.93 bits per heavy atom. The van der Waals surface area contributed by atoms with Gasteiger partial charge in [0.05, 0.1) is 29.3 Å². The molecule has 0 atom stereocenters. The van der Waals surface area contributed by atoms with Gasteiger partial charge in [-0.3, -0.25) is 4.98 Å². The van der Waals surface area contributed by atoms with Crippen molar-refractivity contribution < 1.29 is 14.7 Å². The van der Waals surface area contributed by atoms with Crippen molar-refractivity contribution in [1.82, 2.24) is 4.98 Å². The van der Waals surface area contributed by atoms with Gasteiger partial charge in [-0.2, -0.15) is 0 Å². The minimum atomic E-state index is -0.412. The molecule has 1 aliphatic carbocycles. The molecule has 1 aliphatic rings. The lowest BCUT2D eigenvalue weighted by atomic mass is 9.73. The van der Waals surface area contributed by atoms with Crippen LogP contribution in [0.4, 0.5) is 0 Å². The first-order chi connectivity index (χ1) is 12.8. The van der Waals surface area contributed by atoms with Gasteiger partial charge >= 0.3 is 5.97 Å². The summed E-state index contributed by atoms with van der Waals surface area (Å²) in [6.07, 6.45) is 1.35. The number of esters is 1. The van der Waals surface area contributed by atoms with Crippen LogP contribution in [0, 0.1) is 12.3 Å². The smallest absolute Gasteiger partial charge is 0.340 e. The number of ether oxygens (including phenoxy) is 1. The maximum absolute atomic E-state index is 12.8. The number of pyridine rings is 1. The number of hydrogen-bond acceptors (Lipinski definition) is 5. The molecule has 1 aromatic carbocycles. The van der Waals surface area contributed by atoms with Crippen molar-refractivity contribution in [3.05, 3.63) is 51.3 Å². The Balaban J connectivity index is 2.37. The van der Waals surface area contributed by atoms with E-state index in [1.165, 1.54) is 0 Å². The third-order valence-electron chi connectivity index (χ3n) is 4.77. The van der Waals surface area contributed by atoms with Crippen LogP contribution >= 0.6 is 15.9 Å². The molecule has 0 spiro atoms. The lowest BCUT2D eigenvalue weighted by Gasteiger charge is -2.33. The van der Waals surface area contributed by atoms with E-state index in [1.807, 2.05) is 31.2 Å².